The average Bonchev–Trinajstić information content (AvgIpc) is 3.13. The molecule has 1 heterocycles. The molecule has 2 aromatic carbocycles. The Bertz CT molecular complexity index is 1090. The number of carbonyl (C=O) groups excluding carboxylic acids is 1. The summed E-state index contributed by atoms with van der Waals surface area (Å²) >= 11 is 0. The zero-order chi connectivity index (χ0) is 20.3. The molecule has 0 aliphatic carbocycles. The minimum Gasteiger partial charge on any atom is -0.308 e. The normalized spacial score (nSPS) is 13.0. The Hall–Kier alpha value is -2.71. The van der Waals surface area contributed by atoms with Gasteiger partial charge in [-0.1, -0.05) is 51.1 Å². The van der Waals surface area contributed by atoms with E-state index >= 15 is 0 Å². The van der Waals surface area contributed by atoms with Crippen LogP contribution < -0.4 is 10.0 Å². The van der Waals surface area contributed by atoms with Crippen molar-refractivity contribution in [2.75, 3.05) is 5.32 Å². The molecule has 0 aliphatic rings. The van der Waals surface area contributed by atoms with E-state index in [0.29, 0.717) is 5.82 Å². The quantitative estimate of drug-likeness (QED) is 0.567. The molecule has 0 spiro atoms. The summed E-state index contributed by atoms with van der Waals surface area (Å²) in [6.45, 7) is 5.54. The number of aromatic nitrogens is 2. The van der Waals surface area contributed by atoms with Gasteiger partial charge >= 0.3 is 0 Å². The fourth-order valence-corrected chi connectivity index (χ4v) is 4.25. The fourth-order valence-electron chi connectivity index (χ4n) is 2.87. The lowest BCUT2D eigenvalue weighted by Gasteiger charge is -2.21. The number of anilines is 1. The SMILES string of the molecule is CCc1cc(NC(=O)C(NS(=O)(=O)c2ccc3ccccc3c2)C(C)C)n[nH]1. The summed E-state index contributed by atoms with van der Waals surface area (Å²) in [6, 6.07) is 13.2. The highest BCUT2D eigenvalue weighted by molar-refractivity contribution is 7.89. The Balaban J connectivity index is 1.82. The van der Waals surface area contributed by atoms with Crippen molar-refractivity contribution in [3.05, 3.63) is 54.2 Å². The number of benzene rings is 2. The van der Waals surface area contributed by atoms with Crippen LogP contribution >= 0.6 is 0 Å². The van der Waals surface area contributed by atoms with Gasteiger partial charge in [-0.15, -0.1) is 0 Å². The van der Waals surface area contributed by atoms with Gasteiger partial charge in [0, 0.05) is 11.8 Å². The minimum absolute atomic E-state index is 0.123. The summed E-state index contributed by atoms with van der Waals surface area (Å²) in [4.78, 5) is 12.8. The highest BCUT2D eigenvalue weighted by Crippen LogP contribution is 2.20. The molecule has 3 N–H and O–H groups in total. The van der Waals surface area contributed by atoms with Gasteiger partial charge in [-0.05, 0) is 35.2 Å². The van der Waals surface area contributed by atoms with Crippen LogP contribution in [0.2, 0.25) is 0 Å². The van der Waals surface area contributed by atoms with Crippen LogP contribution in [0.5, 0.6) is 0 Å². The zero-order valence-electron chi connectivity index (χ0n) is 16.1. The second-order valence-electron chi connectivity index (χ2n) is 6.97. The number of amides is 1. The molecule has 0 aliphatic heterocycles. The van der Waals surface area contributed by atoms with Crippen LogP contribution in [0.3, 0.4) is 0 Å². The van der Waals surface area contributed by atoms with E-state index in [0.717, 1.165) is 22.9 Å². The molecule has 28 heavy (non-hydrogen) atoms. The fraction of sp³-hybridized carbons (Fsp3) is 0.300. The number of aromatic amines is 1. The number of fused-ring (bicyclic) bond motifs is 1. The van der Waals surface area contributed by atoms with Crippen LogP contribution in [0.15, 0.2) is 53.4 Å². The molecular formula is C20H24N4O3S. The first-order valence-electron chi connectivity index (χ1n) is 9.16. The highest BCUT2D eigenvalue weighted by atomic mass is 32.2. The van der Waals surface area contributed by atoms with Gasteiger partial charge in [-0.2, -0.15) is 9.82 Å². The van der Waals surface area contributed by atoms with Gasteiger partial charge in [-0.3, -0.25) is 9.89 Å². The van der Waals surface area contributed by atoms with Gasteiger partial charge < -0.3 is 5.32 Å². The maximum absolute atomic E-state index is 12.9. The Kier molecular flexibility index (Phi) is 5.81. The number of nitrogens with zero attached hydrogens (tertiary/aromatic N) is 1. The molecule has 8 heteroatoms. The van der Waals surface area contributed by atoms with E-state index in [1.54, 1.807) is 38.1 Å². The summed E-state index contributed by atoms with van der Waals surface area (Å²) in [5.41, 5.74) is 0.883. The lowest BCUT2D eigenvalue weighted by Crippen LogP contribution is -2.47. The van der Waals surface area contributed by atoms with Gasteiger partial charge in [-0.25, -0.2) is 8.42 Å². The van der Waals surface area contributed by atoms with Crippen molar-refractivity contribution < 1.29 is 13.2 Å². The molecule has 1 atom stereocenters. The summed E-state index contributed by atoms with van der Waals surface area (Å²) in [7, 11) is -3.87. The monoisotopic (exact) mass is 400 g/mol. The number of hydrogen-bond donors (Lipinski definition) is 3. The van der Waals surface area contributed by atoms with Crippen molar-refractivity contribution in [2.24, 2.45) is 5.92 Å². The van der Waals surface area contributed by atoms with Gasteiger partial charge in [0.1, 0.15) is 6.04 Å². The van der Waals surface area contributed by atoms with Gasteiger partial charge in [0.15, 0.2) is 5.82 Å². The lowest BCUT2D eigenvalue weighted by atomic mass is 10.1. The van der Waals surface area contributed by atoms with E-state index < -0.39 is 22.0 Å². The zero-order valence-corrected chi connectivity index (χ0v) is 16.9. The van der Waals surface area contributed by atoms with Gasteiger partial charge in [0.2, 0.25) is 15.9 Å². The number of hydrogen-bond acceptors (Lipinski definition) is 4. The van der Waals surface area contributed by atoms with Crippen molar-refractivity contribution in [3.8, 4) is 0 Å². The van der Waals surface area contributed by atoms with Crippen molar-refractivity contribution in [1.82, 2.24) is 14.9 Å². The first-order valence-corrected chi connectivity index (χ1v) is 10.6. The first kappa shape index (κ1) is 20.0. The van der Waals surface area contributed by atoms with Gasteiger partial charge in [0.05, 0.1) is 4.90 Å². The van der Waals surface area contributed by atoms with Crippen LogP contribution in [-0.4, -0.2) is 30.6 Å². The Labute approximate surface area is 164 Å². The molecule has 0 radical (unpaired) electrons. The third-order valence-electron chi connectivity index (χ3n) is 4.53. The molecule has 3 rings (SSSR count). The van der Waals surface area contributed by atoms with E-state index in [1.165, 1.54) is 0 Å². The molecular weight excluding hydrogens is 376 g/mol. The highest BCUT2D eigenvalue weighted by Gasteiger charge is 2.29. The molecule has 0 saturated carbocycles. The number of nitrogens with one attached hydrogen (secondary N) is 3. The van der Waals surface area contributed by atoms with Crippen LogP contribution in [0.1, 0.15) is 26.5 Å². The topological polar surface area (TPSA) is 104 Å². The average molecular weight is 401 g/mol. The second kappa shape index (κ2) is 8.12. The predicted octanol–water partition coefficient (Wildman–Crippen LogP) is 3.07. The maximum Gasteiger partial charge on any atom is 0.244 e. The molecule has 1 unspecified atom stereocenters. The van der Waals surface area contributed by atoms with E-state index in [4.69, 9.17) is 0 Å². The molecule has 1 aromatic heterocycles. The molecule has 148 valence electrons. The summed E-state index contributed by atoms with van der Waals surface area (Å²) in [5, 5.41) is 11.3. The van der Waals surface area contributed by atoms with Gasteiger partial charge in [0.25, 0.3) is 0 Å². The summed E-state index contributed by atoms with van der Waals surface area (Å²) in [6.07, 6.45) is 0.755. The van der Waals surface area contributed by atoms with E-state index in [-0.39, 0.29) is 10.8 Å². The first-order chi connectivity index (χ1) is 13.3. The second-order valence-corrected chi connectivity index (χ2v) is 8.69. The molecule has 3 aromatic rings. The minimum atomic E-state index is -3.87. The molecule has 7 nitrogen and oxygen atoms in total. The summed E-state index contributed by atoms with van der Waals surface area (Å²) < 4.78 is 28.3. The predicted molar refractivity (Wildman–Crippen MR) is 109 cm³/mol. The Morgan fingerprint density at radius 3 is 2.46 bits per heavy atom. The van der Waals surface area contributed by atoms with E-state index in [9.17, 15) is 13.2 Å². The standard InChI is InChI=1S/C20H24N4O3S/c1-4-16-12-18(23-22-16)21-20(25)19(13(2)3)24-28(26,27)17-10-9-14-7-5-6-8-15(14)11-17/h5-13,19,24H,4H2,1-3H3,(H2,21,22,23,25). The van der Waals surface area contributed by atoms with Crippen molar-refractivity contribution >= 4 is 32.5 Å². The van der Waals surface area contributed by atoms with Crippen LogP contribution in [0.25, 0.3) is 10.8 Å². The number of aryl methyl sites for hydroxylation is 1. The Morgan fingerprint density at radius 2 is 1.82 bits per heavy atom. The third-order valence-corrected chi connectivity index (χ3v) is 5.96. The van der Waals surface area contributed by atoms with Crippen molar-refractivity contribution in [3.63, 3.8) is 0 Å². The van der Waals surface area contributed by atoms with Crippen molar-refractivity contribution in [2.45, 2.75) is 38.1 Å². The van der Waals surface area contributed by atoms with E-state index in [2.05, 4.69) is 20.2 Å². The maximum atomic E-state index is 12.9. The molecule has 0 fully saturated rings. The summed E-state index contributed by atoms with van der Waals surface area (Å²) in [5.74, 6) is -0.328. The van der Waals surface area contributed by atoms with Crippen molar-refractivity contribution in [1.29, 1.82) is 0 Å². The van der Waals surface area contributed by atoms with Crippen LogP contribution in [0.4, 0.5) is 5.82 Å². The molecule has 0 bridgehead atoms. The number of carbonyl (C=O) groups is 1. The third kappa shape index (κ3) is 4.40. The number of rotatable bonds is 7. The van der Waals surface area contributed by atoms with Crippen LogP contribution in [-0.2, 0) is 21.2 Å². The number of sulfonamides is 1. The largest absolute Gasteiger partial charge is 0.308 e. The molecule has 1 amide bonds. The Morgan fingerprint density at radius 1 is 1.11 bits per heavy atom. The molecule has 0 saturated heterocycles. The number of H-pyrrole nitrogens is 1. The smallest absolute Gasteiger partial charge is 0.244 e. The lowest BCUT2D eigenvalue weighted by molar-refractivity contribution is -0.118. The van der Waals surface area contributed by atoms with E-state index in [1.807, 2.05) is 31.2 Å². The van der Waals surface area contributed by atoms with Crippen LogP contribution in [0, 0.1) is 5.92 Å².